The fraction of sp³-hybridized carbons (Fsp3) is 0.238. The molecule has 2 amide bonds. The van der Waals surface area contributed by atoms with Gasteiger partial charge in [0.05, 0.1) is 24.7 Å². The van der Waals surface area contributed by atoms with Crippen LogP contribution >= 0.6 is 23.4 Å². The maximum Gasteiger partial charge on any atom is 0.293 e. The molecule has 0 saturated carbocycles. The normalized spacial score (nSPS) is 18.8. The number of morpholine rings is 1. The number of rotatable bonds is 4. The van der Waals surface area contributed by atoms with E-state index in [1.807, 2.05) is 24.3 Å². The lowest BCUT2D eigenvalue weighted by atomic mass is 10.1. The van der Waals surface area contributed by atoms with E-state index in [1.165, 1.54) is 18.2 Å². The highest BCUT2D eigenvalue weighted by Crippen LogP contribution is 2.34. The van der Waals surface area contributed by atoms with Gasteiger partial charge in [-0.25, -0.2) is 4.39 Å². The first-order valence-corrected chi connectivity index (χ1v) is 10.3. The number of nitrogens with zero attached hydrogens (tertiary/aromatic N) is 2. The first-order chi connectivity index (χ1) is 14.0. The third kappa shape index (κ3) is 4.47. The van der Waals surface area contributed by atoms with Crippen LogP contribution in [0.15, 0.2) is 47.4 Å². The summed E-state index contributed by atoms with van der Waals surface area (Å²) in [4.78, 5) is 28.7. The molecule has 2 aromatic carbocycles. The summed E-state index contributed by atoms with van der Waals surface area (Å²) in [6, 6.07) is 11.8. The maximum atomic E-state index is 13.2. The lowest BCUT2D eigenvalue weighted by molar-refractivity contribution is -0.123. The van der Waals surface area contributed by atoms with Crippen molar-refractivity contribution in [3.63, 3.8) is 0 Å². The molecule has 4 rings (SSSR count). The molecule has 2 heterocycles. The van der Waals surface area contributed by atoms with Gasteiger partial charge in [-0.05, 0) is 53.2 Å². The van der Waals surface area contributed by atoms with Crippen LogP contribution in [0.2, 0.25) is 5.02 Å². The minimum atomic E-state index is -0.465. The van der Waals surface area contributed by atoms with Crippen molar-refractivity contribution in [3.05, 3.63) is 69.3 Å². The number of amides is 2. The summed E-state index contributed by atoms with van der Waals surface area (Å²) < 4.78 is 18.6. The Morgan fingerprint density at radius 1 is 1.10 bits per heavy atom. The zero-order valence-electron chi connectivity index (χ0n) is 15.4. The second-order valence-electron chi connectivity index (χ2n) is 6.69. The number of imide groups is 1. The SMILES string of the molecule is O=C1S/C(=C/c2ccc(N3CCOCC3)cc2)C(=O)N1Cc1ccc(F)cc1Cl. The lowest BCUT2D eigenvalue weighted by Crippen LogP contribution is -2.36. The molecule has 5 nitrogen and oxygen atoms in total. The van der Waals surface area contributed by atoms with Gasteiger partial charge in [0.1, 0.15) is 5.82 Å². The van der Waals surface area contributed by atoms with E-state index in [-0.39, 0.29) is 22.7 Å². The quantitative estimate of drug-likeness (QED) is 0.663. The van der Waals surface area contributed by atoms with Crippen LogP contribution in [0.4, 0.5) is 14.9 Å². The maximum absolute atomic E-state index is 13.2. The van der Waals surface area contributed by atoms with Gasteiger partial charge < -0.3 is 9.64 Å². The number of benzene rings is 2. The largest absolute Gasteiger partial charge is 0.378 e. The van der Waals surface area contributed by atoms with E-state index < -0.39 is 5.82 Å². The number of thioether (sulfide) groups is 1. The van der Waals surface area contributed by atoms with Gasteiger partial charge in [0, 0.05) is 23.8 Å². The molecule has 2 aliphatic rings. The predicted molar refractivity (Wildman–Crippen MR) is 112 cm³/mol. The summed E-state index contributed by atoms with van der Waals surface area (Å²) in [5.41, 5.74) is 2.46. The smallest absolute Gasteiger partial charge is 0.293 e. The van der Waals surface area contributed by atoms with Gasteiger partial charge in [0.25, 0.3) is 11.1 Å². The average Bonchev–Trinajstić information content (AvgIpc) is 2.98. The second-order valence-corrected chi connectivity index (χ2v) is 8.09. The van der Waals surface area contributed by atoms with Crippen molar-refractivity contribution in [2.75, 3.05) is 31.2 Å². The molecule has 0 unspecified atom stereocenters. The molecule has 0 spiro atoms. The highest BCUT2D eigenvalue weighted by Gasteiger charge is 2.35. The Balaban J connectivity index is 1.48. The Labute approximate surface area is 177 Å². The zero-order chi connectivity index (χ0) is 20.4. The lowest BCUT2D eigenvalue weighted by Gasteiger charge is -2.28. The monoisotopic (exact) mass is 432 g/mol. The van der Waals surface area contributed by atoms with Crippen LogP contribution < -0.4 is 4.90 Å². The Morgan fingerprint density at radius 3 is 2.52 bits per heavy atom. The van der Waals surface area contributed by atoms with E-state index in [1.54, 1.807) is 6.08 Å². The molecule has 0 aliphatic carbocycles. The summed E-state index contributed by atoms with van der Waals surface area (Å²) in [7, 11) is 0. The molecular weight excluding hydrogens is 415 g/mol. The van der Waals surface area contributed by atoms with Crippen molar-refractivity contribution in [1.82, 2.24) is 4.90 Å². The topological polar surface area (TPSA) is 49.9 Å². The first kappa shape index (κ1) is 19.9. The van der Waals surface area contributed by atoms with Gasteiger partial charge in [-0.2, -0.15) is 0 Å². The highest BCUT2D eigenvalue weighted by molar-refractivity contribution is 8.18. The van der Waals surface area contributed by atoms with Gasteiger partial charge in [-0.1, -0.05) is 29.8 Å². The summed E-state index contributed by atoms with van der Waals surface area (Å²) in [5.74, 6) is -0.842. The van der Waals surface area contributed by atoms with Crippen LogP contribution in [0.5, 0.6) is 0 Å². The van der Waals surface area contributed by atoms with Crippen LogP contribution in [-0.4, -0.2) is 42.3 Å². The molecule has 29 heavy (non-hydrogen) atoms. The molecule has 0 atom stereocenters. The van der Waals surface area contributed by atoms with E-state index >= 15 is 0 Å². The molecule has 150 valence electrons. The fourth-order valence-corrected chi connectivity index (χ4v) is 4.28. The number of hydrogen-bond donors (Lipinski definition) is 0. The molecule has 2 saturated heterocycles. The summed E-state index contributed by atoms with van der Waals surface area (Å²) in [6.45, 7) is 3.14. The number of hydrogen-bond acceptors (Lipinski definition) is 5. The number of carbonyl (C=O) groups excluding carboxylic acids is 2. The molecule has 0 radical (unpaired) electrons. The number of halogens is 2. The van der Waals surface area contributed by atoms with E-state index in [4.69, 9.17) is 16.3 Å². The fourth-order valence-electron chi connectivity index (χ4n) is 3.21. The van der Waals surface area contributed by atoms with Crippen molar-refractivity contribution < 1.29 is 18.7 Å². The standard InChI is InChI=1S/C21H18ClFN2O3S/c22-18-12-16(23)4-3-15(18)13-25-20(26)19(29-21(25)27)11-14-1-5-17(6-2-14)24-7-9-28-10-8-24/h1-6,11-12H,7-10,13H2/b19-11+. The Kier molecular flexibility index (Phi) is 5.89. The van der Waals surface area contributed by atoms with Gasteiger partial charge in [0.15, 0.2) is 0 Å². The Morgan fingerprint density at radius 2 is 1.83 bits per heavy atom. The Hall–Kier alpha value is -2.35. The third-order valence-electron chi connectivity index (χ3n) is 4.78. The van der Waals surface area contributed by atoms with Gasteiger partial charge in [-0.3, -0.25) is 14.5 Å². The highest BCUT2D eigenvalue weighted by atomic mass is 35.5. The minimum absolute atomic E-state index is 0.0110. The van der Waals surface area contributed by atoms with E-state index in [9.17, 15) is 14.0 Å². The molecule has 2 aromatic rings. The van der Waals surface area contributed by atoms with Crippen LogP contribution in [-0.2, 0) is 16.1 Å². The van der Waals surface area contributed by atoms with Crippen LogP contribution in [0.3, 0.4) is 0 Å². The van der Waals surface area contributed by atoms with E-state index in [2.05, 4.69) is 4.90 Å². The second kappa shape index (κ2) is 8.57. The predicted octanol–water partition coefficient (Wildman–Crippen LogP) is 4.55. The van der Waals surface area contributed by atoms with Crippen molar-refractivity contribution in [2.24, 2.45) is 0 Å². The number of ether oxygens (including phenoxy) is 1. The van der Waals surface area contributed by atoms with Crippen molar-refractivity contribution in [3.8, 4) is 0 Å². The molecular formula is C21H18ClFN2O3S. The minimum Gasteiger partial charge on any atom is -0.378 e. The van der Waals surface area contributed by atoms with Gasteiger partial charge >= 0.3 is 0 Å². The molecule has 0 N–H and O–H groups in total. The third-order valence-corrected chi connectivity index (χ3v) is 6.04. The molecule has 0 bridgehead atoms. The van der Waals surface area contributed by atoms with E-state index in [0.29, 0.717) is 23.7 Å². The summed E-state index contributed by atoms with van der Waals surface area (Å²) in [5, 5.41) is -0.182. The van der Waals surface area contributed by atoms with Crippen molar-refractivity contribution >= 4 is 46.3 Å². The number of anilines is 1. The average molecular weight is 433 g/mol. The van der Waals surface area contributed by atoms with Crippen LogP contribution in [0.1, 0.15) is 11.1 Å². The molecule has 0 aromatic heterocycles. The van der Waals surface area contributed by atoms with Crippen LogP contribution in [0.25, 0.3) is 6.08 Å². The van der Waals surface area contributed by atoms with Crippen LogP contribution in [0, 0.1) is 5.82 Å². The first-order valence-electron chi connectivity index (χ1n) is 9.13. The van der Waals surface area contributed by atoms with E-state index in [0.717, 1.165) is 41.0 Å². The van der Waals surface area contributed by atoms with Crippen molar-refractivity contribution in [1.29, 1.82) is 0 Å². The summed E-state index contributed by atoms with van der Waals surface area (Å²) in [6.07, 6.45) is 1.71. The molecule has 8 heteroatoms. The number of carbonyl (C=O) groups is 2. The Bertz CT molecular complexity index is 974. The van der Waals surface area contributed by atoms with Gasteiger partial charge in [0.2, 0.25) is 0 Å². The zero-order valence-corrected chi connectivity index (χ0v) is 17.0. The van der Waals surface area contributed by atoms with Gasteiger partial charge in [-0.15, -0.1) is 0 Å². The molecule has 2 fully saturated rings. The van der Waals surface area contributed by atoms with Crippen molar-refractivity contribution in [2.45, 2.75) is 6.54 Å². The summed E-state index contributed by atoms with van der Waals surface area (Å²) >= 11 is 6.92. The molecule has 2 aliphatic heterocycles.